The summed E-state index contributed by atoms with van der Waals surface area (Å²) in [5.74, 6) is -3.87. The molecule has 0 saturated heterocycles. The Morgan fingerprint density at radius 3 is 2.31 bits per heavy atom. The Kier molecular flexibility index (Phi) is 9.49. The highest BCUT2D eigenvalue weighted by Crippen LogP contribution is 2.35. The van der Waals surface area contributed by atoms with Gasteiger partial charge in [-0.2, -0.15) is 0 Å². The maximum Gasteiger partial charge on any atom is 0.305 e. The highest BCUT2D eigenvalue weighted by atomic mass is 35.5. The second-order valence-corrected chi connectivity index (χ2v) is 9.26. The summed E-state index contributed by atoms with van der Waals surface area (Å²) in [6, 6.07) is 6.27. The van der Waals surface area contributed by atoms with Crippen LogP contribution in [0.15, 0.2) is 36.4 Å². The van der Waals surface area contributed by atoms with Gasteiger partial charge >= 0.3 is 5.97 Å². The average Bonchev–Trinajstić information content (AvgIpc) is 2.98. The fourth-order valence-electron chi connectivity index (χ4n) is 4.00. The van der Waals surface area contributed by atoms with Crippen molar-refractivity contribution in [1.29, 1.82) is 0 Å². The molecule has 0 bridgehead atoms. The molecule has 0 spiro atoms. The van der Waals surface area contributed by atoms with Gasteiger partial charge in [0, 0.05) is 12.5 Å². The molecular weight excluding hydrogens is 555 g/mol. The van der Waals surface area contributed by atoms with Crippen LogP contribution in [0.3, 0.4) is 0 Å². The summed E-state index contributed by atoms with van der Waals surface area (Å²) in [4.78, 5) is 76.7. The number of aldehydes is 1. The number of halogens is 2. The van der Waals surface area contributed by atoms with Crippen molar-refractivity contribution in [1.82, 2.24) is 10.6 Å². The molecule has 0 aliphatic carbocycles. The molecule has 1 aliphatic rings. The third-order valence-corrected chi connectivity index (χ3v) is 6.31. The number of para-hydroxylation sites is 2. The number of ether oxygens (including phenoxy) is 1. The van der Waals surface area contributed by atoms with Gasteiger partial charge < -0.3 is 30.2 Å². The summed E-state index contributed by atoms with van der Waals surface area (Å²) in [5, 5.41) is 13.9. The fraction of sp³-hybridized carbons (Fsp3) is 0.280. The van der Waals surface area contributed by atoms with Crippen molar-refractivity contribution in [3.05, 3.63) is 52.0 Å². The van der Waals surface area contributed by atoms with Crippen LogP contribution in [0.2, 0.25) is 10.0 Å². The standard InChI is InChI=1S/C25H24Cl2N4O8/c1-13(33)30-10-18(29-24(37)14-7-16(26)23(39-2)17(27)8-14)25(38)31(20-6-4-3-5-19(20)30)11-21(34)28-15(12-32)9-22(35)36/h3-8,12,15,18H,9-11H2,1-2H3,(H,28,34)(H,29,37)(H,35,36). The molecule has 14 heteroatoms. The number of benzene rings is 2. The number of carboxylic acid groups (broad SMARTS) is 1. The Balaban J connectivity index is 1.96. The molecule has 2 unspecified atom stereocenters. The van der Waals surface area contributed by atoms with Gasteiger partial charge in [0.1, 0.15) is 18.9 Å². The second kappa shape index (κ2) is 12.6. The van der Waals surface area contributed by atoms with E-state index in [1.165, 1.54) is 37.1 Å². The Bertz CT molecular complexity index is 1310. The molecule has 0 fully saturated rings. The van der Waals surface area contributed by atoms with Gasteiger partial charge in [-0.1, -0.05) is 35.3 Å². The minimum atomic E-state index is -1.32. The van der Waals surface area contributed by atoms with Gasteiger partial charge in [-0.25, -0.2) is 0 Å². The normalized spacial score (nSPS) is 15.5. The first-order valence-electron chi connectivity index (χ1n) is 11.5. The van der Waals surface area contributed by atoms with E-state index in [1.807, 2.05) is 0 Å². The number of amides is 4. The lowest BCUT2D eigenvalue weighted by Gasteiger charge is -2.25. The van der Waals surface area contributed by atoms with E-state index in [1.54, 1.807) is 18.2 Å². The monoisotopic (exact) mass is 578 g/mol. The van der Waals surface area contributed by atoms with Crippen LogP contribution in [0.1, 0.15) is 23.7 Å². The van der Waals surface area contributed by atoms with Crippen molar-refractivity contribution >= 4 is 70.5 Å². The topological polar surface area (TPSA) is 162 Å². The Labute approximate surface area is 232 Å². The summed E-state index contributed by atoms with van der Waals surface area (Å²) in [6.07, 6.45) is -0.376. The van der Waals surface area contributed by atoms with Crippen molar-refractivity contribution in [3.8, 4) is 5.75 Å². The van der Waals surface area contributed by atoms with Crippen molar-refractivity contribution in [2.24, 2.45) is 0 Å². The van der Waals surface area contributed by atoms with E-state index in [0.29, 0.717) is 5.69 Å². The number of fused-ring (bicyclic) bond motifs is 1. The molecule has 39 heavy (non-hydrogen) atoms. The molecular formula is C25H24Cl2N4O8. The Morgan fingerprint density at radius 1 is 1.15 bits per heavy atom. The van der Waals surface area contributed by atoms with Gasteiger partial charge in [-0.05, 0) is 24.3 Å². The first-order chi connectivity index (χ1) is 18.5. The second-order valence-electron chi connectivity index (χ2n) is 8.45. The van der Waals surface area contributed by atoms with Gasteiger partial charge in [-0.15, -0.1) is 0 Å². The van der Waals surface area contributed by atoms with Crippen LogP contribution < -0.4 is 25.2 Å². The van der Waals surface area contributed by atoms with E-state index >= 15 is 0 Å². The maximum atomic E-state index is 13.7. The maximum absolute atomic E-state index is 13.7. The fourth-order valence-corrected chi connectivity index (χ4v) is 4.64. The van der Waals surface area contributed by atoms with E-state index in [9.17, 15) is 28.8 Å². The number of carbonyl (C=O) groups excluding carboxylic acids is 5. The van der Waals surface area contributed by atoms with Crippen LogP contribution in [-0.2, 0) is 24.0 Å². The van der Waals surface area contributed by atoms with Crippen molar-refractivity contribution in [3.63, 3.8) is 0 Å². The van der Waals surface area contributed by atoms with Crippen molar-refractivity contribution in [2.75, 3.05) is 30.0 Å². The number of aliphatic carboxylic acids is 1. The third kappa shape index (κ3) is 6.84. The molecule has 206 valence electrons. The first kappa shape index (κ1) is 29.4. The van der Waals surface area contributed by atoms with Gasteiger partial charge in [0.15, 0.2) is 5.75 Å². The molecule has 1 heterocycles. The number of anilines is 2. The first-order valence-corrected chi connectivity index (χ1v) is 12.2. The molecule has 0 saturated carbocycles. The zero-order valence-electron chi connectivity index (χ0n) is 20.8. The molecule has 0 radical (unpaired) electrons. The van der Waals surface area contributed by atoms with Crippen molar-refractivity contribution < 1.29 is 38.6 Å². The van der Waals surface area contributed by atoms with Crippen LogP contribution in [0.4, 0.5) is 11.4 Å². The van der Waals surface area contributed by atoms with Crippen LogP contribution in [0, 0.1) is 0 Å². The molecule has 3 N–H and O–H groups in total. The SMILES string of the molecule is COc1c(Cl)cc(C(=O)NC2CN(C(C)=O)c3ccccc3N(CC(=O)NC(C=O)CC(=O)O)C2=O)cc1Cl. The summed E-state index contributed by atoms with van der Waals surface area (Å²) in [7, 11) is 1.36. The van der Waals surface area contributed by atoms with Gasteiger partial charge in [0.2, 0.25) is 11.8 Å². The summed E-state index contributed by atoms with van der Waals surface area (Å²) in [6.45, 7) is 0.396. The number of hydrogen-bond acceptors (Lipinski definition) is 7. The zero-order chi connectivity index (χ0) is 28.9. The third-order valence-electron chi connectivity index (χ3n) is 5.75. The smallest absolute Gasteiger partial charge is 0.305 e. The number of hydrogen-bond donors (Lipinski definition) is 3. The van der Waals surface area contributed by atoms with E-state index in [-0.39, 0.29) is 39.9 Å². The lowest BCUT2D eigenvalue weighted by molar-refractivity contribution is -0.139. The van der Waals surface area contributed by atoms with E-state index < -0.39 is 54.6 Å². The predicted molar refractivity (Wildman–Crippen MR) is 141 cm³/mol. The van der Waals surface area contributed by atoms with Crippen LogP contribution in [0.5, 0.6) is 5.75 Å². The number of carbonyl (C=O) groups is 6. The summed E-state index contributed by atoms with van der Waals surface area (Å²) >= 11 is 12.3. The quantitative estimate of drug-likeness (QED) is 0.378. The molecule has 2 aromatic rings. The molecule has 1 aliphatic heterocycles. The number of methoxy groups -OCH3 is 1. The van der Waals surface area contributed by atoms with E-state index in [4.69, 9.17) is 33.0 Å². The van der Waals surface area contributed by atoms with Crippen molar-refractivity contribution in [2.45, 2.75) is 25.4 Å². The van der Waals surface area contributed by atoms with Gasteiger partial charge in [0.25, 0.3) is 11.8 Å². The van der Waals surface area contributed by atoms with Crippen LogP contribution in [0.25, 0.3) is 0 Å². The van der Waals surface area contributed by atoms with E-state index in [0.717, 1.165) is 4.90 Å². The summed E-state index contributed by atoms with van der Waals surface area (Å²) < 4.78 is 5.09. The highest BCUT2D eigenvalue weighted by Gasteiger charge is 2.37. The molecule has 0 aromatic heterocycles. The molecule has 12 nitrogen and oxygen atoms in total. The van der Waals surface area contributed by atoms with E-state index in [2.05, 4.69) is 10.6 Å². The molecule has 4 amide bonds. The number of nitrogens with one attached hydrogen (secondary N) is 2. The van der Waals surface area contributed by atoms with Gasteiger partial charge in [-0.3, -0.25) is 28.9 Å². The minimum Gasteiger partial charge on any atom is -0.494 e. The number of nitrogens with zero attached hydrogens (tertiary/aromatic N) is 2. The minimum absolute atomic E-state index is 0.0153. The zero-order valence-corrected chi connectivity index (χ0v) is 22.3. The molecule has 2 atom stereocenters. The number of rotatable bonds is 9. The Morgan fingerprint density at radius 2 is 1.77 bits per heavy atom. The largest absolute Gasteiger partial charge is 0.494 e. The van der Waals surface area contributed by atoms with Crippen LogP contribution >= 0.6 is 23.2 Å². The predicted octanol–water partition coefficient (Wildman–Crippen LogP) is 1.66. The highest BCUT2D eigenvalue weighted by molar-refractivity contribution is 6.37. The lowest BCUT2D eigenvalue weighted by Crippen LogP contribution is -2.54. The average molecular weight is 579 g/mol. The van der Waals surface area contributed by atoms with Gasteiger partial charge in [0.05, 0.1) is 47.5 Å². The van der Waals surface area contributed by atoms with Crippen LogP contribution in [-0.4, -0.2) is 73.3 Å². The molecule has 2 aromatic carbocycles. The summed E-state index contributed by atoms with van der Waals surface area (Å²) in [5.41, 5.74) is 0.512. The Hall–Kier alpha value is -4.16. The molecule has 3 rings (SSSR count). The lowest BCUT2D eigenvalue weighted by atomic mass is 10.1. The number of carboxylic acids is 1.